The van der Waals surface area contributed by atoms with Gasteiger partial charge in [-0.3, -0.25) is 4.68 Å². The van der Waals surface area contributed by atoms with Crippen LogP contribution in [0.1, 0.15) is 30.3 Å². The summed E-state index contributed by atoms with van der Waals surface area (Å²) in [6, 6.07) is 0. The van der Waals surface area contributed by atoms with E-state index in [9.17, 15) is 5.11 Å². The van der Waals surface area contributed by atoms with E-state index in [2.05, 4.69) is 24.0 Å². The molecule has 1 N–H and O–H groups in total. The van der Waals surface area contributed by atoms with Gasteiger partial charge in [0, 0.05) is 31.4 Å². The molecule has 0 bridgehead atoms. The summed E-state index contributed by atoms with van der Waals surface area (Å²) in [5.41, 5.74) is 3.63. The minimum absolute atomic E-state index is 0.224. The molecule has 0 fully saturated rings. The minimum Gasteiger partial charge on any atom is -0.393 e. The summed E-state index contributed by atoms with van der Waals surface area (Å²) in [5.74, 6) is 0. The first kappa shape index (κ1) is 13.2. The lowest BCUT2D eigenvalue weighted by Gasteiger charge is -2.17. The molecule has 1 rings (SSSR count). The maximum atomic E-state index is 9.24. The second kappa shape index (κ2) is 5.46. The Labute approximate surface area is 97.9 Å². The van der Waals surface area contributed by atoms with Crippen molar-refractivity contribution in [2.75, 3.05) is 13.6 Å². The van der Waals surface area contributed by atoms with Crippen LogP contribution in [0, 0.1) is 13.8 Å². The number of rotatable bonds is 5. The van der Waals surface area contributed by atoms with E-state index in [1.165, 1.54) is 11.3 Å². The van der Waals surface area contributed by atoms with Crippen molar-refractivity contribution in [1.82, 2.24) is 14.7 Å². The number of nitrogens with zero attached hydrogens (tertiary/aromatic N) is 3. The van der Waals surface area contributed by atoms with Gasteiger partial charge in [-0.1, -0.05) is 0 Å². The van der Waals surface area contributed by atoms with Gasteiger partial charge in [-0.25, -0.2) is 0 Å². The van der Waals surface area contributed by atoms with Crippen LogP contribution in [0.15, 0.2) is 0 Å². The van der Waals surface area contributed by atoms with Gasteiger partial charge in [0.1, 0.15) is 0 Å². The first-order valence-electron chi connectivity index (χ1n) is 5.77. The molecule has 4 heteroatoms. The van der Waals surface area contributed by atoms with Crippen molar-refractivity contribution in [2.24, 2.45) is 7.05 Å². The molecule has 16 heavy (non-hydrogen) atoms. The molecule has 0 spiro atoms. The molecule has 0 aliphatic rings. The first-order chi connectivity index (χ1) is 7.41. The summed E-state index contributed by atoms with van der Waals surface area (Å²) in [6.07, 6.45) is 0.591. The van der Waals surface area contributed by atoms with Gasteiger partial charge in [0.25, 0.3) is 0 Å². The van der Waals surface area contributed by atoms with E-state index in [0.29, 0.717) is 0 Å². The zero-order valence-corrected chi connectivity index (χ0v) is 11.0. The monoisotopic (exact) mass is 225 g/mol. The third kappa shape index (κ3) is 3.32. The molecule has 0 aliphatic heterocycles. The van der Waals surface area contributed by atoms with E-state index in [1.54, 1.807) is 0 Å². The molecule has 0 radical (unpaired) electrons. The average molecular weight is 225 g/mol. The van der Waals surface area contributed by atoms with Crippen molar-refractivity contribution in [3.63, 3.8) is 0 Å². The van der Waals surface area contributed by atoms with Gasteiger partial charge in [0.05, 0.1) is 11.8 Å². The summed E-state index contributed by atoms with van der Waals surface area (Å²) in [4.78, 5) is 2.23. The first-order valence-corrected chi connectivity index (χ1v) is 5.77. The fourth-order valence-electron chi connectivity index (χ4n) is 1.80. The molecule has 0 aliphatic carbocycles. The van der Waals surface area contributed by atoms with Gasteiger partial charge < -0.3 is 10.0 Å². The van der Waals surface area contributed by atoms with Crippen molar-refractivity contribution >= 4 is 0 Å². The summed E-state index contributed by atoms with van der Waals surface area (Å²) in [7, 11) is 4.05. The summed E-state index contributed by atoms with van der Waals surface area (Å²) in [5, 5.41) is 13.6. The van der Waals surface area contributed by atoms with Crippen LogP contribution in [-0.2, 0) is 13.6 Å². The molecule has 0 amide bonds. The van der Waals surface area contributed by atoms with Gasteiger partial charge in [-0.05, 0) is 34.2 Å². The van der Waals surface area contributed by atoms with Gasteiger partial charge in [-0.15, -0.1) is 0 Å². The van der Waals surface area contributed by atoms with Crippen LogP contribution in [0.3, 0.4) is 0 Å². The lowest BCUT2D eigenvalue weighted by atomic mass is 10.2. The fourth-order valence-corrected chi connectivity index (χ4v) is 1.80. The Morgan fingerprint density at radius 1 is 1.44 bits per heavy atom. The van der Waals surface area contributed by atoms with Crippen LogP contribution in [0.5, 0.6) is 0 Å². The molecule has 0 saturated carbocycles. The lowest BCUT2D eigenvalue weighted by Crippen LogP contribution is -2.22. The molecule has 4 nitrogen and oxygen atoms in total. The Balaban J connectivity index is 2.59. The number of aromatic nitrogens is 2. The number of hydrogen-bond donors (Lipinski definition) is 1. The molecule has 0 saturated heterocycles. The largest absolute Gasteiger partial charge is 0.393 e. The molecular formula is C12H23N3O. The standard InChI is InChI=1S/C12H23N3O/c1-9(16)6-7-14(4)8-12-10(2)13-15(5)11(12)3/h9,16H,6-8H2,1-5H3. The van der Waals surface area contributed by atoms with Crippen molar-refractivity contribution < 1.29 is 5.11 Å². The van der Waals surface area contributed by atoms with Crippen LogP contribution in [-0.4, -0.2) is 39.5 Å². The molecule has 1 aromatic rings. The van der Waals surface area contributed by atoms with Gasteiger partial charge in [0.2, 0.25) is 0 Å². The van der Waals surface area contributed by atoms with Crippen molar-refractivity contribution in [3.05, 3.63) is 17.0 Å². The molecule has 1 unspecified atom stereocenters. The Bertz CT molecular complexity index is 344. The Morgan fingerprint density at radius 2 is 2.06 bits per heavy atom. The van der Waals surface area contributed by atoms with Gasteiger partial charge in [-0.2, -0.15) is 5.10 Å². The Morgan fingerprint density at radius 3 is 2.50 bits per heavy atom. The third-order valence-electron chi connectivity index (χ3n) is 3.02. The molecule has 0 aromatic carbocycles. The molecule has 1 heterocycles. The van der Waals surface area contributed by atoms with E-state index in [1.807, 2.05) is 25.6 Å². The average Bonchev–Trinajstić information content (AvgIpc) is 2.42. The minimum atomic E-state index is -0.224. The topological polar surface area (TPSA) is 41.3 Å². The number of aliphatic hydroxyl groups is 1. The smallest absolute Gasteiger partial charge is 0.0641 e. The Hall–Kier alpha value is -0.870. The maximum Gasteiger partial charge on any atom is 0.0641 e. The predicted molar refractivity (Wildman–Crippen MR) is 65.3 cm³/mol. The zero-order valence-electron chi connectivity index (χ0n) is 11.0. The van der Waals surface area contributed by atoms with Crippen molar-refractivity contribution in [3.8, 4) is 0 Å². The molecular weight excluding hydrogens is 202 g/mol. The highest BCUT2D eigenvalue weighted by Gasteiger charge is 2.11. The highest BCUT2D eigenvalue weighted by Crippen LogP contribution is 2.14. The summed E-state index contributed by atoms with van der Waals surface area (Å²) in [6.45, 7) is 7.78. The van der Waals surface area contributed by atoms with Crippen LogP contribution >= 0.6 is 0 Å². The highest BCUT2D eigenvalue weighted by atomic mass is 16.3. The number of aliphatic hydroxyl groups excluding tert-OH is 1. The quantitative estimate of drug-likeness (QED) is 0.819. The normalized spacial score (nSPS) is 13.4. The zero-order chi connectivity index (χ0) is 12.3. The summed E-state index contributed by atoms with van der Waals surface area (Å²) >= 11 is 0. The van der Waals surface area contributed by atoms with Crippen molar-refractivity contribution in [1.29, 1.82) is 0 Å². The van der Waals surface area contributed by atoms with E-state index in [-0.39, 0.29) is 6.10 Å². The van der Waals surface area contributed by atoms with E-state index in [0.717, 1.165) is 25.2 Å². The second-order valence-electron chi connectivity index (χ2n) is 4.65. The summed E-state index contributed by atoms with van der Waals surface area (Å²) < 4.78 is 1.92. The van der Waals surface area contributed by atoms with Gasteiger partial charge in [0.15, 0.2) is 0 Å². The van der Waals surface area contributed by atoms with Crippen LogP contribution < -0.4 is 0 Å². The van der Waals surface area contributed by atoms with Crippen molar-refractivity contribution in [2.45, 2.75) is 39.8 Å². The third-order valence-corrected chi connectivity index (χ3v) is 3.02. The fraction of sp³-hybridized carbons (Fsp3) is 0.750. The van der Waals surface area contributed by atoms with Crippen LogP contribution in [0.4, 0.5) is 0 Å². The van der Waals surface area contributed by atoms with E-state index >= 15 is 0 Å². The molecule has 92 valence electrons. The molecule has 1 aromatic heterocycles. The predicted octanol–water partition coefficient (Wildman–Crippen LogP) is 1.24. The second-order valence-corrected chi connectivity index (χ2v) is 4.65. The number of aryl methyl sites for hydroxylation is 2. The van der Waals surface area contributed by atoms with Crippen LogP contribution in [0.25, 0.3) is 0 Å². The van der Waals surface area contributed by atoms with Crippen LogP contribution in [0.2, 0.25) is 0 Å². The number of hydrogen-bond acceptors (Lipinski definition) is 3. The SMILES string of the molecule is Cc1nn(C)c(C)c1CN(C)CCC(C)O. The Kier molecular flexibility index (Phi) is 4.50. The van der Waals surface area contributed by atoms with E-state index < -0.39 is 0 Å². The maximum absolute atomic E-state index is 9.24. The lowest BCUT2D eigenvalue weighted by molar-refractivity contribution is 0.163. The molecule has 1 atom stereocenters. The van der Waals surface area contributed by atoms with E-state index in [4.69, 9.17) is 0 Å². The highest BCUT2D eigenvalue weighted by molar-refractivity contribution is 5.23. The van der Waals surface area contributed by atoms with Gasteiger partial charge >= 0.3 is 0 Å².